The molecule has 6 N–H and O–H groups in total. The summed E-state index contributed by atoms with van der Waals surface area (Å²) in [4.78, 5) is 24.7. The number of nitrogens with two attached hydrogens (primary N) is 3. The van der Waals surface area contributed by atoms with Crippen molar-refractivity contribution < 1.29 is 4.79 Å². The molecule has 8 nitrogen and oxygen atoms in total. The number of likely N-dealkylation sites (N-methyl/N-ethyl adjacent to an activating group) is 1. The van der Waals surface area contributed by atoms with Crippen molar-refractivity contribution >= 4 is 23.5 Å². The number of para-hydroxylation sites is 1. The predicted octanol–water partition coefficient (Wildman–Crippen LogP) is -0.316. The van der Waals surface area contributed by atoms with Gasteiger partial charge in [-0.05, 0) is 18.7 Å². The number of piperazine rings is 1. The molecule has 1 aliphatic rings. The van der Waals surface area contributed by atoms with Gasteiger partial charge < -0.3 is 27.0 Å². The Morgan fingerprint density at radius 3 is 2.39 bits per heavy atom. The lowest BCUT2D eigenvalue weighted by atomic mass is 10.1. The second-order valence-electron chi connectivity index (χ2n) is 5.25. The summed E-state index contributed by atoms with van der Waals surface area (Å²) in [5.74, 6) is -0.315. The first-order valence-electron chi connectivity index (χ1n) is 7.55. The monoisotopic (exact) mass is 317 g/mol. The Kier molecular flexibility index (Phi) is 5.53. The Labute approximate surface area is 135 Å². The van der Waals surface area contributed by atoms with E-state index in [0.29, 0.717) is 24.3 Å². The Bertz CT molecular complexity index is 614. The highest BCUT2D eigenvalue weighted by Gasteiger charge is 2.23. The van der Waals surface area contributed by atoms with Crippen molar-refractivity contribution in [3.63, 3.8) is 0 Å². The van der Waals surface area contributed by atoms with Crippen molar-refractivity contribution in [2.45, 2.75) is 6.92 Å². The zero-order chi connectivity index (χ0) is 16.8. The molecule has 1 aromatic carbocycles. The Hall–Kier alpha value is -2.61. The second-order valence-corrected chi connectivity index (χ2v) is 5.25. The fourth-order valence-electron chi connectivity index (χ4n) is 2.47. The number of hydrogen-bond acceptors (Lipinski definition) is 3. The van der Waals surface area contributed by atoms with E-state index in [9.17, 15) is 4.79 Å². The first-order chi connectivity index (χ1) is 11.0. The van der Waals surface area contributed by atoms with Gasteiger partial charge in [0, 0.05) is 26.2 Å². The number of aliphatic imine (C=N–C) groups is 2. The SMILES string of the molecule is CCN1CCN(C(=O)c2ccccc2N=C(N)N=C(N)N)CC1. The smallest absolute Gasteiger partial charge is 0.256 e. The van der Waals surface area contributed by atoms with Crippen LogP contribution in [0.25, 0.3) is 0 Å². The van der Waals surface area contributed by atoms with Gasteiger partial charge in [0.05, 0.1) is 11.3 Å². The average molecular weight is 317 g/mol. The van der Waals surface area contributed by atoms with Gasteiger partial charge in [-0.15, -0.1) is 0 Å². The van der Waals surface area contributed by atoms with E-state index in [1.54, 1.807) is 24.3 Å². The molecule has 2 rings (SSSR count). The van der Waals surface area contributed by atoms with Crippen LogP contribution in [0.2, 0.25) is 0 Å². The fourth-order valence-corrected chi connectivity index (χ4v) is 2.47. The van der Waals surface area contributed by atoms with E-state index in [1.807, 2.05) is 4.90 Å². The maximum atomic E-state index is 12.7. The molecule has 1 fully saturated rings. The lowest BCUT2D eigenvalue weighted by Crippen LogP contribution is -2.48. The summed E-state index contributed by atoms with van der Waals surface area (Å²) in [6, 6.07) is 7.03. The Morgan fingerprint density at radius 1 is 1.13 bits per heavy atom. The maximum absolute atomic E-state index is 12.7. The lowest BCUT2D eigenvalue weighted by Gasteiger charge is -2.34. The van der Waals surface area contributed by atoms with Gasteiger partial charge in [0.1, 0.15) is 0 Å². The first-order valence-corrected chi connectivity index (χ1v) is 7.55. The first kappa shape index (κ1) is 16.8. The number of guanidine groups is 2. The third kappa shape index (κ3) is 4.43. The van der Waals surface area contributed by atoms with Crippen molar-refractivity contribution in [2.75, 3.05) is 32.7 Å². The van der Waals surface area contributed by atoms with E-state index >= 15 is 0 Å². The molecule has 124 valence electrons. The standard InChI is InChI=1S/C15H23N7O/c1-2-21-7-9-22(10-8-21)13(23)11-5-3-4-6-12(11)19-15(18)20-14(16)17/h3-6H,2,7-10H2,1H3,(H6,16,17,18,19,20). The van der Waals surface area contributed by atoms with Crippen LogP contribution in [0.4, 0.5) is 5.69 Å². The van der Waals surface area contributed by atoms with Crippen LogP contribution in [0.15, 0.2) is 34.3 Å². The number of carbonyl (C=O) groups excluding carboxylic acids is 1. The molecular formula is C15H23N7O. The van der Waals surface area contributed by atoms with E-state index in [1.165, 1.54) is 0 Å². The van der Waals surface area contributed by atoms with E-state index in [2.05, 4.69) is 21.8 Å². The quantitative estimate of drug-likeness (QED) is 0.520. The minimum absolute atomic E-state index is 0.0578. The van der Waals surface area contributed by atoms with Crippen LogP contribution in [-0.4, -0.2) is 60.3 Å². The molecule has 23 heavy (non-hydrogen) atoms. The second kappa shape index (κ2) is 7.59. The topological polar surface area (TPSA) is 126 Å². The van der Waals surface area contributed by atoms with Gasteiger partial charge in [-0.25, -0.2) is 4.99 Å². The normalized spacial score (nSPS) is 16.2. The van der Waals surface area contributed by atoms with Crippen LogP contribution >= 0.6 is 0 Å². The van der Waals surface area contributed by atoms with Crippen LogP contribution in [0.5, 0.6) is 0 Å². The molecule has 0 aliphatic carbocycles. The molecule has 0 atom stereocenters. The summed E-state index contributed by atoms with van der Waals surface area (Å²) in [6.45, 7) is 6.28. The number of amides is 1. The molecule has 8 heteroatoms. The largest absolute Gasteiger partial charge is 0.370 e. The summed E-state index contributed by atoms with van der Waals surface area (Å²) in [6.07, 6.45) is 0. The van der Waals surface area contributed by atoms with Gasteiger partial charge in [0.2, 0.25) is 5.96 Å². The fraction of sp³-hybridized carbons (Fsp3) is 0.400. The molecule has 0 aromatic heterocycles. The Balaban J connectivity index is 2.20. The molecule has 1 aliphatic heterocycles. The van der Waals surface area contributed by atoms with Gasteiger partial charge in [-0.3, -0.25) is 4.79 Å². The van der Waals surface area contributed by atoms with Crippen LogP contribution in [0.3, 0.4) is 0 Å². The lowest BCUT2D eigenvalue weighted by molar-refractivity contribution is 0.0644. The summed E-state index contributed by atoms with van der Waals surface area (Å²) in [5.41, 5.74) is 17.2. The van der Waals surface area contributed by atoms with Gasteiger partial charge in [0.25, 0.3) is 5.91 Å². The summed E-state index contributed by atoms with van der Waals surface area (Å²) in [7, 11) is 0. The molecule has 1 amide bonds. The van der Waals surface area contributed by atoms with Crippen LogP contribution in [-0.2, 0) is 0 Å². The van der Waals surface area contributed by atoms with Crippen molar-refractivity contribution in [2.24, 2.45) is 27.2 Å². The summed E-state index contributed by atoms with van der Waals surface area (Å²) in [5, 5.41) is 0. The summed E-state index contributed by atoms with van der Waals surface area (Å²) < 4.78 is 0. The van der Waals surface area contributed by atoms with Crippen LogP contribution in [0, 0.1) is 0 Å². The molecule has 1 heterocycles. The molecule has 0 bridgehead atoms. The van der Waals surface area contributed by atoms with Gasteiger partial charge in [-0.2, -0.15) is 4.99 Å². The van der Waals surface area contributed by atoms with E-state index in [4.69, 9.17) is 17.2 Å². The Morgan fingerprint density at radius 2 is 1.78 bits per heavy atom. The minimum atomic E-state index is -0.175. The molecule has 0 unspecified atom stereocenters. The van der Waals surface area contributed by atoms with Crippen molar-refractivity contribution in [3.8, 4) is 0 Å². The average Bonchev–Trinajstić information content (AvgIpc) is 2.54. The zero-order valence-corrected chi connectivity index (χ0v) is 13.3. The molecule has 0 radical (unpaired) electrons. The molecule has 0 spiro atoms. The number of benzene rings is 1. The van der Waals surface area contributed by atoms with E-state index < -0.39 is 0 Å². The third-order valence-electron chi connectivity index (χ3n) is 3.72. The van der Waals surface area contributed by atoms with Gasteiger partial charge in [0.15, 0.2) is 5.96 Å². The minimum Gasteiger partial charge on any atom is -0.370 e. The highest BCUT2D eigenvalue weighted by molar-refractivity contribution is 6.01. The van der Waals surface area contributed by atoms with E-state index in [-0.39, 0.29) is 17.8 Å². The zero-order valence-electron chi connectivity index (χ0n) is 13.3. The van der Waals surface area contributed by atoms with E-state index in [0.717, 1.165) is 19.6 Å². The van der Waals surface area contributed by atoms with Crippen molar-refractivity contribution in [1.29, 1.82) is 0 Å². The predicted molar refractivity (Wildman–Crippen MR) is 91.6 cm³/mol. The molecule has 0 saturated carbocycles. The molecule has 1 aromatic rings. The third-order valence-corrected chi connectivity index (χ3v) is 3.72. The van der Waals surface area contributed by atoms with Crippen LogP contribution < -0.4 is 17.2 Å². The van der Waals surface area contributed by atoms with Crippen molar-refractivity contribution in [1.82, 2.24) is 9.80 Å². The number of nitrogens with zero attached hydrogens (tertiary/aromatic N) is 4. The highest BCUT2D eigenvalue weighted by atomic mass is 16.2. The van der Waals surface area contributed by atoms with Crippen molar-refractivity contribution in [3.05, 3.63) is 29.8 Å². The number of hydrogen-bond donors (Lipinski definition) is 3. The number of carbonyl (C=O) groups is 1. The molecule has 1 saturated heterocycles. The van der Waals surface area contributed by atoms with Gasteiger partial charge in [-0.1, -0.05) is 19.1 Å². The summed E-state index contributed by atoms with van der Waals surface area (Å²) >= 11 is 0. The van der Waals surface area contributed by atoms with Gasteiger partial charge >= 0.3 is 0 Å². The highest BCUT2D eigenvalue weighted by Crippen LogP contribution is 2.21. The number of rotatable bonds is 3. The maximum Gasteiger partial charge on any atom is 0.256 e. The molecular weight excluding hydrogens is 294 g/mol. The van der Waals surface area contributed by atoms with Crippen LogP contribution in [0.1, 0.15) is 17.3 Å².